The number of benzene rings is 1. The summed E-state index contributed by atoms with van der Waals surface area (Å²) < 4.78 is 0. The van der Waals surface area contributed by atoms with Crippen molar-refractivity contribution in [3.8, 4) is 5.75 Å². The first kappa shape index (κ1) is 10.8. The van der Waals surface area contributed by atoms with Crippen LogP contribution in [0.25, 0.3) is 0 Å². The van der Waals surface area contributed by atoms with Gasteiger partial charge in [0, 0.05) is 0 Å². The normalized spacial score (nSPS) is 35.3. The smallest absolute Gasteiger partial charge is 0.238 e. The Morgan fingerprint density at radius 1 is 0.947 bits per heavy atom. The number of fused-ring (bicyclic) bond motifs is 5. The van der Waals surface area contributed by atoms with Crippen LogP contribution in [0.1, 0.15) is 6.42 Å². The Balaban J connectivity index is 1.74. The van der Waals surface area contributed by atoms with Gasteiger partial charge in [0.15, 0.2) is 0 Å². The van der Waals surface area contributed by atoms with E-state index in [4.69, 9.17) is 0 Å². The van der Waals surface area contributed by atoms with E-state index in [9.17, 15) is 14.7 Å². The quantitative estimate of drug-likeness (QED) is 0.614. The number of hydrogen-bond acceptors (Lipinski definition) is 3. The van der Waals surface area contributed by atoms with Gasteiger partial charge in [-0.2, -0.15) is 0 Å². The fourth-order valence-corrected chi connectivity index (χ4v) is 3.76. The molecular formula is C15H13NO3. The van der Waals surface area contributed by atoms with Crippen LogP contribution < -0.4 is 4.90 Å². The number of nitrogens with zero attached hydrogens (tertiary/aromatic N) is 1. The third-order valence-electron chi connectivity index (χ3n) is 4.58. The van der Waals surface area contributed by atoms with Crippen molar-refractivity contribution >= 4 is 17.5 Å². The molecule has 0 spiro atoms. The van der Waals surface area contributed by atoms with Crippen molar-refractivity contribution in [2.45, 2.75) is 6.42 Å². The second kappa shape index (κ2) is 3.47. The monoisotopic (exact) mass is 255 g/mol. The summed E-state index contributed by atoms with van der Waals surface area (Å²) in [6.45, 7) is 0. The third kappa shape index (κ3) is 1.28. The van der Waals surface area contributed by atoms with Gasteiger partial charge in [0.05, 0.1) is 17.5 Å². The first-order chi connectivity index (χ1) is 9.16. The first-order valence-corrected chi connectivity index (χ1v) is 6.52. The minimum absolute atomic E-state index is 0.0856. The lowest BCUT2D eigenvalue weighted by atomic mass is 9.85. The van der Waals surface area contributed by atoms with E-state index in [2.05, 4.69) is 12.2 Å². The summed E-state index contributed by atoms with van der Waals surface area (Å²) in [7, 11) is 0. The lowest BCUT2D eigenvalue weighted by Crippen LogP contribution is -2.32. The maximum absolute atomic E-state index is 12.5. The topological polar surface area (TPSA) is 57.6 Å². The summed E-state index contributed by atoms with van der Waals surface area (Å²) in [6, 6.07) is 6.22. The number of carbonyl (C=O) groups excluding carboxylic acids is 2. The van der Waals surface area contributed by atoms with Crippen LogP contribution in [0.3, 0.4) is 0 Å². The van der Waals surface area contributed by atoms with Crippen LogP contribution in [0.5, 0.6) is 5.75 Å². The van der Waals surface area contributed by atoms with E-state index < -0.39 is 0 Å². The number of hydrogen-bond donors (Lipinski definition) is 1. The molecule has 19 heavy (non-hydrogen) atoms. The summed E-state index contributed by atoms with van der Waals surface area (Å²) in [5.74, 6) is 0.0783. The van der Waals surface area contributed by atoms with Gasteiger partial charge in [-0.05, 0) is 42.5 Å². The number of aromatic hydroxyl groups is 1. The van der Waals surface area contributed by atoms with Gasteiger partial charge in [0.1, 0.15) is 5.75 Å². The van der Waals surface area contributed by atoms with Crippen LogP contribution in [0.15, 0.2) is 36.4 Å². The molecule has 96 valence electrons. The molecule has 4 rings (SSSR count). The summed E-state index contributed by atoms with van der Waals surface area (Å²) in [4.78, 5) is 26.3. The molecular weight excluding hydrogens is 242 g/mol. The molecule has 2 aliphatic carbocycles. The van der Waals surface area contributed by atoms with Gasteiger partial charge in [-0.15, -0.1) is 0 Å². The fourth-order valence-electron chi connectivity index (χ4n) is 3.76. The molecule has 1 heterocycles. The SMILES string of the molecule is O=C1[C@@H]2[C@H](C(=O)N1c1ccc(O)cc1)[C@@H]1C=C[C@H]2C1. The maximum atomic E-state index is 12.5. The molecule has 4 nitrogen and oxygen atoms in total. The summed E-state index contributed by atoms with van der Waals surface area (Å²) in [6.07, 6.45) is 5.10. The lowest BCUT2D eigenvalue weighted by Gasteiger charge is -2.17. The summed E-state index contributed by atoms with van der Waals surface area (Å²) in [5.41, 5.74) is 0.557. The van der Waals surface area contributed by atoms with Gasteiger partial charge in [-0.25, -0.2) is 0 Å². The third-order valence-corrected chi connectivity index (χ3v) is 4.58. The Labute approximate surface area is 110 Å². The van der Waals surface area contributed by atoms with Gasteiger partial charge >= 0.3 is 0 Å². The van der Waals surface area contributed by atoms with Gasteiger partial charge in [0.2, 0.25) is 11.8 Å². The van der Waals surface area contributed by atoms with Crippen molar-refractivity contribution in [2.75, 3.05) is 4.90 Å². The number of allylic oxidation sites excluding steroid dienone is 2. The van der Waals surface area contributed by atoms with Gasteiger partial charge in [-0.3, -0.25) is 14.5 Å². The zero-order valence-corrected chi connectivity index (χ0v) is 10.2. The minimum atomic E-state index is -0.170. The highest BCUT2D eigenvalue weighted by Crippen LogP contribution is 2.53. The highest BCUT2D eigenvalue weighted by molar-refractivity contribution is 6.22. The zero-order chi connectivity index (χ0) is 13.1. The van der Waals surface area contributed by atoms with Gasteiger partial charge < -0.3 is 5.11 Å². The number of carbonyl (C=O) groups is 2. The van der Waals surface area contributed by atoms with Crippen LogP contribution in [-0.4, -0.2) is 16.9 Å². The molecule has 3 aliphatic rings. The van der Waals surface area contributed by atoms with E-state index in [0.717, 1.165) is 6.42 Å². The Hall–Kier alpha value is -2.10. The Morgan fingerprint density at radius 3 is 2.00 bits per heavy atom. The number of imide groups is 1. The average molecular weight is 255 g/mol. The van der Waals surface area contributed by atoms with Crippen molar-refractivity contribution in [1.29, 1.82) is 0 Å². The number of phenolic OH excluding ortho intramolecular Hbond substituents is 1. The standard InChI is InChI=1S/C15H13NO3/c17-11-5-3-10(4-6-11)16-14(18)12-8-1-2-9(7-8)13(12)15(16)19/h1-6,8-9,12-13,17H,7H2/t8-,9+,12-,13+. The number of phenols is 1. The van der Waals surface area contributed by atoms with E-state index in [1.807, 2.05) is 0 Å². The van der Waals surface area contributed by atoms with Crippen molar-refractivity contribution < 1.29 is 14.7 Å². The van der Waals surface area contributed by atoms with Crippen molar-refractivity contribution in [3.63, 3.8) is 0 Å². The molecule has 1 N–H and O–H groups in total. The predicted molar refractivity (Wildman–Crippen MR) is 68.3 cm³/mol. The molecule has 0 unspecified atom stereocenters. The molecule has 0 radical (unpaired) electrons. The number of anilines is 1. The average Bonchev–Trinajstić information content (AvgIpc) is 3.06. The van der Waals surface area contributed by atoms with Crippen LogP contribution >= 0.6 is 0 Å². The predicted octanol–water partition coefficient (Wildman–Crippen LogP) is 1.70. The Kier molecular flexibility index (Phi) is 1.97. The number of amides is 2. The molecule has 1 aromatic carbocycles. The van der Waals surface area contributed by atoms with E-state index in [1.165, 1.54) is 17.0 Å². The highest BCUT2D eigenvalue weighted by atomic mass is 16.3. The van der Waals surface area contributed by atoms with Gasteiger partial charge in [0.25, 0.3) is 0 Å². The summed E-state index contributed by atoms with van der Waals surface area (Å²) >= 11 is 0. The molecule has 1 aromatic rings. The van der Waals surface area contributed by atoms with Crippen LogP contribution in [0.4, 0.5) is 5.69 Å². The van der Waals surface area contributed by atoms with Crippen LogP contribution in [0.2, 0.25) is 0 Å². The molecule has 0 aromatic heterocycles. The Bertz CT molecular complexity index is 574. The van der Waals surface area contributed by atoms with Gasteiger partial charge in [-0.1, -0.05) is 12.2 Å². The van der Waals surface area contributed by atoms with E-state index >= 15 is 0 Å². The number of rotatable bonds is 1. The lowest BCUT2D eigenvalue weighted by molar-refractivity contribution is -0.123. The van der Waals surface area contributed by atoms with E-state index in [0.29, 0.717) is 5.69 Å². The molecule has 2 fully saturated rings. The summed E-state index contributed by atoms with van der Waals surface area (Å²) in [5, 5.41) is 9.29. The molecule has 4 heteroatoms. The van der Waals surface area contributed by atoms with Crippen molar-refractivity contribution in [1.82, 2.24) is 0 Å². The minimum Gasteiger partial charge on any atom is -0.508 e. The molecule has 1 saturated carbocycles. The molecule has 4 atom stereocenters. The molecule has 1 saturated heterocycles. The molecule has 2 bridgehead atoms. The zero-order valence-electron chi connectivity index (χ0n) is 10.2. The first-order valence-electron chi connectivity index (χ1n) is 6.52. The second-order valence-corrected chi connectivity index (χ2v) is 5.53. The second-order valence-electron chi connectivity index (χ2n) is 5.53. The molecule has 2 amide bonds. The van der Waals surface area contributed by atoms with Crippen LogP contribution in [0, 0.1) is 23.7 Å². The fraction of sp³-hybridized carbons (Fsp3) is 0.333. The van der Waals surface area contributed by atoms with E-state index in [1.54, 1.807) is 12.1 Å². The molecule has 1 aliphatic heterocycles. The highest BCUT2D eigenvalue weighted by Gasteiger charge is 2.59. The van der Waals surface area contributed by atoms with Crippen LogP contribution in [-0.2, 0) is 9.59 Å². The van der Waals surface area contributed by atoms with Crippen molar-refractivity contribution in [3.05, 3.63) is 36.4 Å². The Morgan fingerprint density at radius 2 is 1.47 bits per heavy atom. The van der Waals surface area contributed by atoms with E-state index in [-0.39, 0.29) is 41.2 Å². The largest absolute Gasteiger partial charge is 0.508 e. The maximum Gasteiger partial charge on any atom is 0.238 e. The van der Waals surface area contributed by atoms with Crippen molar-refractivity contribution in [2.24, 2.45) is 23.7 Å².